The van der Waals surface area contributed by atoms with Crippen LogP contribution >= 0.6 is 0 Å². The predicted molar refractivity (Wildman–Crippen MR) is 245 cm³/mol. The zero-order valence-corrected chi connectivity index (χ0v) is 37.9. The van der Waals surface area contributed by atoms with Crippen LogP contribution in [-0.4, -0.2) is 83.9 Å². The summed E-state index contributed by atoms with van der Waals surface area (Å²) in [6.07, 6.45) is 8.78. The highest BCUT2D eigenvalue weighted by atomic mass is 28.4. The van der Waals surface area contributed by atoms with Crippen LogP contribution in [0.5, 0.6) is 0 Å². The molecule has 2 saturated heterocycles. The molecule has 2 fully saturated rings. The first-order valence-electron chi connectivity index (χ1n) is 21.9. The molecule has 0 aliphatic carbocycles. The molecule has 1 aromatic heterocycles. The van der Waals surface area contributed by atoms with Crippen molar-refractivity contribution in [3.63, 3.8) is 0 Å². The number of nitrogens with one attached hydrogen (secondary N) is 3. The van der Waals surface area contributed by atoms with E-state index in [1.807, 2.05) is 72.8 Å². The normalized spacial score (nSPS) is 21.9. The first-order valence-corrected chi connectivity index (χ1v) is 23.8. The third kappa shape index (κ3) is 10.3. The molecule has 0 unspecified atom stereocenters. The Hall–Kier alpha value is -5.72. The van der Waals surface area contributed by atoms with E-state index in [-0.39, 0.29) is 36.0 Å². The van der Waals surface area contributed by atoms with Gasteiger partial charge in [0.1, 0.15) is 29.8 Å². The van der Waals surface area contributed by atoms with Gasteiger partial charge in [-0.25, -0.2) is 0 Å². The molecule has 4 amide bonds. The summed E-state index contributed by atoms with van der Waals surface area (Å²) in [5.41, 5.74) is 1.48. The molecule has 0 saturated carbocycles. The Morgan fingerprint density at radius 2 is 1.48 bits per heavy atom. The summed E-state index contributed by atoms with van der Waals surface area (Å²) >= 11 is 0. The quantitative estimate of drug-likeness (QED) is 0.0825. The van der Waals surface area contributed by atoms with Crippen LogP contribution in [0.3, 0.4) is 0 Å². The maximum absolute atomic E-state index is 14.3. The van der Waals surface area contributed by atoms with Gasteiger partial charge in [0.05, 0.1) is 0 Å². The predicted octanol–water partition coefficient (Wildman–Crippen LogP) is 5.81. The molecule has 11 nitrogen and oxygen atoms in total. The Morgan fingerprint density at radius 1 is 0.871 bits per heavy atom. The Bertz CT molecular complexity index is 2170. The highest BCUT2D eigenvalue weighted by molar-refractivity contribution is 6.99. The van der Waals surface area contributed by atoms with Gasteiger partial charge in [0.2, 0.25) is 23.6 Å². The van der Waals surface area contributed by atoms with Crippen LogP contribution in [0.25, 0.3) is 11.1 Å². The molecule has 0 bridgehead atoms. The zero-order chi connectivity index (χ0) is 44.5. The molecule has 3 aromatic carbocycles. The van der Waals surface area contributed by atoms with Crippen LogP contribution in [0.2, 0.25) is 5.04 Å². The van der Waals surface area contributed by atoms with E-state index in [1.54, 1.807) is 50.2 Å². The van der Waals surface area contributed by atoms with Gasteiger partial charge in [-0.05, 0) is 103 Å². The highest BCUT2D eigenvalue weighted by Crippen LogP contribution is 2.37. The van der Waals surface area contributed by atoms with Crippen LogP contribution in [0.15, 0.2) is 122 Å². The van der Waals surface area contributed by atoms with Crippen LogP contribution in [-0.2, 0) is 34.8 Å². The van der Waals surface area contributed by atoms with Crippen LogP contribution in [0, 0.1) is 0 Å². The van der Waals surface area contributed by atoms with Crippen molar-refractivity contribution < 1.29 is 28.4 Å². The topological polar surface area (TPSA) is 147 Å². The Morgan fingerprint density at radius 3 is 2.08 bits per heavy atom. The third-order valence-corrected chi connectivity index (χ3v) is 17.5. The van der Waals surface area contributed by atoms with E-state index < -0.39 is 55.8 Å². The second-order valence-corrected chi connectivity index (χ2v) is 22.0. The number of rotatable bonds is 14. The number of nitrogens with zero attached hydrogens (tertiary/aromatic N) is 2. The molecule has 6 rings (SSSR count). The van der Waals surface area contributed by atoms with Crippen molar-refractivity contribution in [2.75, 3.05) is 6.54 Å². The van der Waals surface area contributed by atoms with E-state index in [0.717, 1.165) is 27.1 Å². The van der Waals surface area contributed by atoms with E-state index in [9.17, 15) is 24.0 Å². The summed E-state index contributed by atoms with van der Waals surface area (Å²) in [7, 11) is -2.95. The standard InChI is InChI=1S/C50H61N5O6Si/c1-7-50(6)48(60)53-42(34-36-25-27-37(28-26-36)38-29-31-51-32-30-38)47(59)55-33-17-23-43(55)46(58)52-41(45(57)54-50)22-15-10-16-24-44(56)35(2)61-62(49(3,4)5,39-18-11-8-12-19-39)40-20-13-9-14-21-40/h8-9,11-14,16,18-21,24-32,35,41-43H,7,10,15,17,22-23,33-34H2,1-6H3,(H,52,58)(H,53,60)(H,54,57)/b24-16+/t35-,41-,42-,43+,50-/m0/s1. The molecule has 0 spiro atoms. The number of amides is 4. The lowest BCUT2D eigenvalue weighted by Crippen LogP contribution is -2.68. The van der Waals surface area contributed by atoms with Crippen molar-refractivity contribution in [1.29, 1.82) is 0 Å². The number of aromatic nitrogens is 1. The molecular formula is C50H61N5O6Si. The second-order valence-electron chi connectivity index (χ2n) is 17.7. The zero-order valence-electron chi connectivity index (χ0n) is 36.9. The van der Waals surface area contributed by atoms with Crippen molar-refractivity contribution in [2.24, 2.45) is 0 Å². The summed E-state index contributed by atoms with van der Waals surface area (Å²) in [5.74, 6) is -1.85. The number of carbonyl (C=O) groups excluding carboxylic acids is 5. The number of hydrogen-bond donors (Lipinski definition) is 3. The minimum atomic E-state index is -2.95. The number of unbranched alkanes of at least 4 members (excludes halogenated alkanes) is 1. The maximum atomic E-state index is 14.3. The number of ketones is 1. The Balaban J connectivity index is 1.13. The summed E-state index contributed by atoms with van der Waals surface area (Å²) < 4.78 is 6.99. The van der Waals surface area contributed by atoms with E-state index in [0.29, 0.717) is 32.2 Å². The van der Waals surface area contributed by atoms with Crippen LogP contribution in [0.1, 0.15) is 85.6 Å². The van der Waals surface area contributed by atoms with Crippen LogP contribution in [0.4, 0.5) is 0 Å². The van der Waals surface area contributed by atoms with Gasteiger partial charge in [-0.1, -0.05) is 119 Å². The molecule has 2 aliphatic heterocycles. The van der Waals surface area contributed by atoms with Crippen molar-refractivity contribution >= 4 is 48.1 Å². The van der Waals surface area contributed by atoms with Gasteiger partial charge in [-0.2, -0.15) is 0 Å². The van der Waals surface area contributed by atoms with Crippen molar-refractivity contribution in [2.45, 2.75) is 121 Å². The largest absolute Gasteiger partial charge is 0.397 e. The van der Waals surface area contributed by atoms with E-state index in [1.165, 1.54) is 0 Å². The summed E-state index contributed by atoms with van der Waals surface area (Å²) in [6.45, 7) is 12.1. The number of pyridine rings is 1. The average molecular weight is 856 g/mol. The Kier molecular flexibility index (Phi) is 14.8. The number of allylic oxidation sites excluding steroid dienone is 1. The van der Waals surface area contributed by atoms with E-state index in [2.05, 4.69) is 66.0 Å². The van der Waals surface area contributed by atoms with Gasteiger partial charge >= 0.3 is 0 Å². The fraction of sp³-hybridized carbons (Fsp3) is 0.400. The molecule has 4 aromatic rings. The first kappa shape index (κ1) is 45.8. The number of fused-ring (bicyclic) bond motifs is 1. The van der Waals surface area contributed by atoms with Gasteiger partial charge in [0, 0.05) is 25.4 Å². The molecule has 5 atom stereocenters. The molecule has 326 valence electrons. The fourth-order valence-corrected chi connectivity index (χ4v) is 13.3. The monoisotopic (exact) mass is 855 g/mol. The number of hydrogen-bond acceptors (Lipinski definition) is 7. The molecule has 3 heterocycles. The van der Waals surface area contributed by atoms with Crippen molar-refractivity contribution in [1.82, 2.24) is 25.8 Å². The SMILES string of the molecule is CC[C@]1(C)NC(=O)[C@H](CCC/C=C/C(=O)[C@H](C)O[Si](c2ccccc2)(c2ccccc2)C(C)(C)C)NC(=O)[C@H]2CCCN2C(=O)[C@H](Cc2ccc(-c3ccncc3)cc2)NC1=O. The third-order valence-electron chi connectivity index (χ3n) is 12.4. The number of carbonyl (C=O) groups is 5. The number of benzene rings is 3. The fourth-order valence-electron chi connectivity index (χ4n) is 8.62. The molecular weight excluding hydrogens is 795 g/mol. The molecule has 0 radical (unpaired) electrons. The van der Waals surface area contributed by atoms with Gasteiger partial charge in [-0.3, -0.25) is 29.0 Å². The minimum Gasteiger partial charge on any atom is -0.397 e. The van der Waals surface area contributed by atoms with E-state index in [4.69, 9.17) is 4.43 Å². The lowest BCUT2D eigenvalue weighted by Gasteiger charge is -2.44. The lowest BCUT2D eigenvalue weighted by molar-refractivity contribution is -0.144. The van der Waals surface area contributed by atoms with E-state index >= 15 is 0 Å². The summed E-state index contributed by atoms with van der Waals surface area (Å²) in [6, 6.07) is 29.3. The van der Waals surface area contributed by atoms with Gasteiger partial charge in [0.15, 0.2) is 5.78 Å². The molecule has 12 heteroatoms. The lowest BCUT2D eigenvalue weighted by atomic mass is 9.94. The van der Waals surface area contributed by atoms with Gasteiger partial charge in [0.25, 0.3) is 8.32 Å². The maximum Gasteiger partial charge on any atom is 0.262 e. The van der Waals surface area contributed by atoms with Crippen LogP contribution < -0.4 is 26.3 Å². The summed E-state index contributed by atoms with van der Waals surface area (Å²) in [4.78, 5) is 75.6. The smallest absolute Gasteiger partial charge is 0.262 e. The molecule has 62 heavy (non-hydrogen) atoms. The average Bonchev–Trinajstić information content (AvgIpc) is 3.78. The second kappa shape index (κ2) is 20.0. The molecule has 2 aliphatic rings. The van der Waals surface area contributed by atoms with Crippen molar-refractivity contribution in [3.8, 4) is 11.1 Å². The van der Waals surface area contributed by atoms with Crippen molar-refractivity contribution in [3.05, 3.63) is 127 Å². The molecule has 3 N–H and O–H groups in total. The highest BCUT2D eigenvalue weighted by Gasteiger charge is 2.51. The minimum absolute atomic E-state index is 0.161. The van der Waals surface area contributed by atoms with Gasteiger partial charge < -0.3 is 25.3 Å². The Labute approximate surface area is 367 Å². The first-order chi connectivity index (χ1) is 29.7. The van der Waals surface area contributed by atoms with Gasteiger partial charge in [-0.15, -0.1) is 0 Å². The summed E-state index contributed by atoms with van der Waals surface area (Å²) in [5, 5.41) is 10.7.